The first-order valence-corrected chi connectivity index (χ1v) is 5.80. The number of pyridine rings is 1. The van der Waals surface area contributed by atoms with Crippen molar-refractivity contribution in [3.05, 3.63) is 30.2 Å². The number of aryl methyl sites for hydroxylation is 1. The highest BCUT2D eigenvalue weighted by molar-refractivity contribution is 5.79. The van der Waals surface area contributed by atoms with Crippen molar-refractivity contribution >= 4 is 12.1 Å². The second-order valence-electron chi connectivity index (χ2n) is 4.48. The van der Waals surface area contributed by atoms with E-state index in [0.29, 0.717) is 11.4 Å². The maximum atomic E-state index is 11.0. The van der Waals surface area contributed by atoms with E-state index in [9.17, 15) is 4.79 Å². The number of aldehydes is 1. The van der Waals surface area contributed by atoms with Crippen LogP contribution in [0, 0.1) is 0 Å². The molecule has 2 aromatic heterocycles. The number of imidazole rings is 1. The van der Waals surface area contributed by atoms with Crippen LogP contribution in [-0.4, -0.2) is 26.9 Å². The molecule has 0 bridgehead atoms. The number of carbonyl (C=O) groups excluding carboxylic acids is 1. The SMILES string of the molecule is CC(C)Nc1cc(C=O)cc(-c2cncn2C)n1. The molecule has 2 heterocycles. The number of carbonyl (C=O) groups is 1. The van der Waals surface area contributed by atoms with Crippen molar-refractivity contribution in [2.75, 3.05) is 5.32 Å². The fraction of sp³-hybridized carbons (Fsp3) is 0.308. The Labute approximate surface area is 106 Å². The first-order valence-electron chi connectivity index (χ1n) is 5.80. The van der Waals surface area contributed by atoms with Crippen molar-refractivity contribution in [2.24, 2.45) is 7.05 Å². The van der Waals surface area contributed by atoms with Crippen molar-refractivity contribution in [1.82, 2.24) is 14.5 Å². The fourth-order valence-corrected chi connectivity index (χ4v) is 1.72. The Balaban J connectivity index is 2.47. The van der Waals surface area contributed by atoms with Crippen LogP contribution in [-0.2, 0) is 7.05 Å². The van der Waals surface area contributed by atoms with Gasteiger partial charge in [0.15, 0.2) is 0 Å². The normalized spacial score (nSPS) is 10.7. The molecule has 0 aromatic carbocycles. The number of rotatable bonds is 4. The van der Waals surface area contributed by atoms with Gasteiger partial charge >= 0.3 is 0 Å². The second kappa shape index (κ2) is 5.00. The summed E-state index contributed by atoms with van der Waals surface area (Å²) in [6, 6.07) is 3.77. The van der Waals surface area contributed by atoms with Gasteiger partial charge in [-0.25, -0.2) is 9.97 Å². The minimum atomic E-state index is 0.263. The molecule has 5 heteroatoms. The average molecular weight is 244 g/mol. The first-order chi connectivity index (χ1) is 8.60. The second-order valence-corrected chi connectivity index (χ2v) is 4.48. The Bertz CT molecular complexity index is 560. The van der Waals surface area contributed by atoms with Gasteiger partial charge in [0, 0.05) is 18.7 Å². The summed E-state index contributed by atoms with van der Waals surface area (Å²) in [7, 11) is 1.90. The molecule has 5 nitrogen and oxygen atoms in total. The lowest BCUT2D eigenvalue weighted by Gasteiger charge is -2.11. The Morgan fingerprint density at radius 3 is 2.72 bits per heavy atom. The lowest BCUT2D eigenvalue weighted by molar-refractivity contribution is 0.112. The van der Waals surface area contributed by atoms with Crippen LogP contribution in [0.3, 0.4) is 0 Å². The Morgan fingerprint density at radius 2 is 2.17 bits per heavy atom. The Kier molecular flexibility index (Phi) is 3.41. The highest BCUT2D eigenvalue weighted by Gasteiger charge is 2.08. The third-order valence-corrected chi connectivity index (χ3v) is 2.50. The van der Waals surface area contributed by atoms with Gasteiger partial charge in [0.05, 0.1) is 23.9 Å². The van der Waals surface area contributed by atoms with E-state index in [4.69, 9.17) is 0 Å². The fourth-order valence-electron chi connectivity index (χ4n) is 1.72. The number of hydrogen-bond donors (Lipinski definition) is 1. The molecule has 2 aromatic rings. The molecule has 0 saturated carbocycles. The third-order valence-electron chi connectivity index (χ3n) is 2.50. The molecule has 94 valence electrons. The number of anilines is 1. The van der Waals surface area contributed by atoms with E-state index < -0.39 is 0 Å². The Hall–Kier alpha value is -2.17. The van der Waals surface area contributed by atoms with Gasteiger partial charge in [-0.1, -0.05) is 0 Å². The van der Waals surface area contributed by atoms with Crippen LogP contribution in [0.2, 0.25) is 0 Å². The van der Waals surface area contributed by atoms with E-state index >= 15 is 0 Å². The molecular weight excluding hydrogens is 228 g/mol. The summed E-state index contributed by atoms with van der Waals surface area (Å²) in [5.41, 5.74) is 2.22. The van der Waals surface area contributed by atoms with Crippen LogP contribution in [0.4, 0.5) is 5.82 Å². The summed E-state index contributed by atoms with van der Waals surface area (Å²) in [6.07, 6.45) is 4.27. The van der Waals surface area contributed by atoms with E-state index in [1.54, 1.807) is 24.7 Å². The van der Waals surface area contributed by atoms with Crippen molar-refractivity contribution in [2.45, 2.75) is 19.9 Å². The molecule has 0 radical (unpaired) electrons. The van der Waals surface area contributed by atoms with Crippen molar-refractivity contribution < 1.29 is 4.79 Å². The van der Waals surface area contributed by atoms with Gasteiger partial charge in [0.2, 0.25) is 0 Å². The first kappa shape index (κ1) is 12.3. The number of aromatic nitrogens is 3. The van der Waals surface area contributed by atoms with Crippen LogP contribution in [0.25, 0.3) is 11.4 Å². The van der Waals surface area contributed by atoms with Crippen LogP contribution in [0.15, 0.2) is 24.7 Å². The molecule has 0 aliphatic rings. The van der Waals surface area contributed by atoms with Gasteiger partial charge in [-0.05, 0) is 26.0 Å². The molecule has 1 N–H and O–H groups in total. The molecule has 0 spiro atoms. The van der Waals surface area contributed by atoms with Crippen molar-refractivity contribution in [3.8, 4) is 11.4 Å². The molecule has 18 heavy (non-hydrogen) atoms. The van der Waals surface area contributed by atoms with Crippen LogP contribution < -0.4 is 5.32 Å². The molecule has 0 aliphatic carbocycles. The van der Waals surface area contributed by atoms with Crippen molar-refractivity contribution in [1.29, 1.82) is 0 Å². The van der Waals surface area contributed by atoms with Crippen molar-refractivity contribution in [3.63, 3.8) is 0 Å². The summed E-state index contributed by atoms with van der Waals surface area (Å²) in [6.45, 7) is 4.05. The number of nitrogens with zero attached hydrogens (tertiary/aromatic N) is 3. The van der Waals surface area contributed by atoms with E-state index in [0.717, 1.165) is 17.7 Å². The Morgan fingerprint density at radius 1 is 1.39 bits per heavy atom. The maximum absolute atomic E-state index is 11.0. The predicted octanol–water partition coefficient (Wildman–Crippen LogP) is 2.11. The summed E-state index contributed by atoms with van der Waals surface area (Å²) in [5.74, 6) is 0.700. The highest BCUT2D eigenvalue weighted by atomic mass is 16.1. The van der Waals surface area contributed by atoms with Gasteiger partial charge in [-0.3, -0.25) is 4.79 Å². The molecule has 0 aliphatic heterocycles. The highest BCUT2D eigenvalue weighted by Crippen LogP contribution is 2.20. The monoisotopic (exact) mass is 244 g/mol. The third kappa shape index (κ3) is 2.56. The summed E-state index contributed by atoms with van der Waals surface area (Å²) in [4.78, 5) is 19.5. The summed E-state index contributed by atoms with van der Waals surface area (Å²) < 4.78 is 1.87. The van der Waals surface area contributed by atoms with Gasteiger partial charge < -0.3 is 9.88 Å². The minimum Gasteiger partial charge on any atom is -0.368 e. The largest absolute Gasteiger partial charge is 0.368 e. The molecule has 0 saturated heterocycles. The zero-order valence-electron chi connectivity index (χ0n) is 10.7. The van der Waals surface area contributed by atoms with E-state index in [1.807, 2.05) is 25.5 Å². The van der Waals surface area contributed by atoms with Gasteiger partial charge in [0.1, 0.15) is 12.1 Å². The van der Waals surface area contributed by atoms with Gasteiger partial charge in [0.25, 0.3) is 0 Å². The zero-order valence-corrected chi connectivity index (χ0v) is 10.7. The maximum Gasteiger partial charge on any atom is 0.150 e. The minimum absolute atomic E-state index is 0.263. The molecular formula is C13H16N4O. The van der Waals surface area contributed by atoms with Gasteiger partial charge in [-0.2, -0.15) is 0 Å². The van der Waals surface area contributed by atoms with Crippen LogP contribution in [0.5, 0.6) is 0 Å². The predicted molar refractivity (Wildman–Crippen MR) is 70.6 cm³/mol. The number of nitrogens with one attached hydrogen (secondary N) is 1. The van der Waals surface area contributed by atoms with Gasteiger partial charge in [-0.15, -0.1) is 0 Å². The lowest BCUT2D eigenvalue weighted by Crippen LogP contribution is -2.11. The molecule has 2 rings (SSSR count). The number of hydrogen-bond acceptors (Lipinski definition) is 4. The molecule has 0 fully saturated rings. The quantitative estimate of drug-likeness (QED) is 0.837. The van der Waals surface area contributed by atoms with E-state index in [1.165, 1.54) is 0 Å². The average Bonchev–Trinajstić information content (AvgIpc) is 2.74. The topological polar surface area (TPSA) is 59.8 Å². The lowest BCUT2D eigenvalue weighted by atomic mass is 10.2. The standard InChI is InChI=1S/C13H16N4O/c1-9(2)15-13-5-10(7-18)4-11(16-13)12-6-14-8-17(12)3/h4-9H,1-3H3,(H,15,16). The summed E-state index contributed by atoms with van der Waals surface area (Å²) in [5, 5.41) is 3.20. The van der Waals surface area contributed by atoms with Crippen LogP contribution >= 0.6 is 0 Å². The summed E-state index contributed by atoms with van der Waals surface area (Å²) >= 11 is 0. The molecule has 0 atom stereocenters. The smallest absolute Gasteiger partial charge is 0.150 e. The van der Waals surface area contributed by atoms with Crippen LogP contribution in [0.1, 0.15) is 24.2 Å². The molecule has 0 amide bonds. The molecule has 0 unspecified atom stereocenters. The van der Waals surface area contributed by atoms with E-state index in [2.05, 4.69) is 15.3 Å². The zero-order chi connectivity index (χ0) is 13.1. The van der Waals surface area contributed by atoms with E-state index in [-0.39, 0.29) is 6.04 Å².